The lowest BCUT2D eigenvalue weighted by atomic mass is 9.92. The van der Waals surface area contributed by atoms with Gasteiger partial charge in [-0.15, -0.1) is 0 Å². The third kappa shape index (κ3) is 1.11. The van der Waals surface area contributed by atoms with E-state index in [1.807, 2.05) is 0 Å². The van der Waals surface area contributed by atoms with Crippen LogP contribution in [0.4, 0.5) is 0 Å². The van der Waals surface area contributed by atoms with Crippen LogP contribution < -0.4 is 0 Å². The molecule has 4 atom stereocenters. The normalized spacial score (nSPS) is 52.0. The largest absolute Gasteiger partial charge is 0.375 e. The Morgan fingerprint density at radius 2 is 1.11 bits per heavy atom. The fourth-order valence-electron chi connectivity index (χ4n) is 1.44. The van der Waals surface area contributed by atoms with Gasteiger partial charge in [-0.1, -0.05) is 13.8 Å². The summed E-state index contributed by atoms with van der Waals surface area (Å²) in [5, 5.41) is 0. The highest BCUT2D eigenvalue weighted by atomic mass is 16.5. The van der Waals surface area contributed by atoms with Gasteiger partial charge in [-0.3, -0.25) is 0 Å². The van der Waals surface area contributed by atoms with Gasteiger partial charge in [0.25, 0.3) is 0 Å². The highest BCUT2D eigenvalue weighted by Crippen LogP contribution is 2.30. The predicted molar refractivity (Wildman–Crippen MR) is 38.3 cm³/mol. The number of hydrogen-bond donors (Lipinski definition) is 0. The van der Waals surface area contributed by atoms with E-state index in [0.717, 1.165) is 11.8 Å². The lowest BCUT2D eigenvalue weighted by molar-refractivity contribution is 0.0524. The second kappa shape index (κ2) is 2.30. The molecule has 1 aliphatic rings. The van der Waals surface area contributed by atoms with E-state index >= 15 is 0 Å². The average molecular weight is 128 g/mol. The van der Waals surface area contributed by atoms with Gasteiger partial charge >= 0.3 is 0 Å². The van der Waals surface area contributed by atoms with Crippen molar-refractivity contribution in [3.05, 3.63) is 0 Å². The lowest BCUT2D eigenvalue weighted by Gasteiger charge is -2.10. The Morgan fingerprint density at radius 1 is 0.778 bits per heavy atom. The summed E-state index contributed by atoms with van der Waals surface area (Å²) in [6.07, 6.45) is 0.935. The van der Waals surface area contributed by atoms with Gasteiger partial charge in [0.05, 0.1) is 12.2 Å². The molecule has 54 valence electrons. The van der Waals surface area contributed by atoms with Crippen LogP contribution >= 0.6 is 0 Å². The maximum Gasteiger partial charge on any atom is 0.0579 e. The van der Waals surface area contributed by atoms with Gasteiger partial charge in [0.2, 0.25) is 0 Å². The van der Waals surface area contributed by atoms with Crippen LogP contribution in [0.1, 0.15) is 27.7 Å². The topological polar surface area (TPSA) is 9.23 Å². The second-order valence-electron chi connectivity index (χ2n) is 3.26. The maximum atomic E-state index is 5.59. The number of ether oxygens (including phenoxy) is 1. The minimum Gasteiger partial charge on any atom is -0.375 e. The van der Waals surface area contributed by atoms with Crippen molar-refractivity contribution in [3.63, 3.8) is 0 Å². The van der Waals surface area contributed by atoms with Crippen molar-refractivity contribution in [2.24, 2.45) is 11.8 Å². The fourth-order valence-corrected chi connectivity index (χ4v) is 1.44. The molecule has 0 aliphatic carbocycles. The molecule has 0 aromatic carbocycles. The lowest BCUT2D eigenvalue weighted by Crippen LogP contribution is -2.12. The first-order valence-corrected chi connectivity index (χ1v) is 3.78. The molecule has 0 aromatic rings. The molecule has 1 nitrogen and oxygen atoms in total. The monoisotopic (exact) mass is 128 g/mol. The van der Waals surface area contributed by atoms with Crippen LogP contribution in [0.25, 0.3) is 0 Å². The van der Waals surface area contributed by atoms with E-state index in [9.17, 15) is 0 Å². The van der Waals surface area contributed by atoms with Gasteiger partial charge in [0.15, 0.2) is 0 Å². The highest BCUT2D eigenvalue weighted by Gasteiger charge is 2.32. The summed E-state index contributed by atoms with van der Waals surface area (Å²) in [5.74, 6) is 1.47. The Bertz CT molecular complexity index is 88.7. The molecule has 0 spiro atoms. The SMILES string of the molecule is CC1O[C@@H](C)[C@@H](C)C1C. The first-order valence-electron chi connectivity index (χ1n) is 3.78. The minimum atomic E-state index is 0.468. The Kier molecular flexibility index (Phi) is 1.80. The third-order valence-electron chi connectivity index (χ3n) is 2.74. The van der Waals surface area contributed by atoms with E-state index in [1.54, 1.807) is 0 Å². The molecule has 1 saturated heterocycles. The van der Waals surface area contributed by atoms with Gasteiger partial charge in [-0.05, 0) is 25.7 Å². The van der Waals surface area contributed by atoms with Crippen LogP contribution in [-0.2, 0) is 4.74 Å². The fraction of sp³-hybridized carbons (Fsp3) is 1.00. The van der Waals surface area contributed by atoms with Crippen molar-refractivity contribution < 1.29 is 4.74 Å². The smallest absolute Gasteiger partial charge is 0.0579 e. The molecular weight excluding hydrogens is 112 g/mol. The second-order valence-corrected chi connectivity index (χ2v) is 3.26. The highest BCUT2D eigenvalue weighted by molar-refractivity contribution is 4.80. The summed E-state index contributed by atoms with van der Waals surface area (Å²) in [7, 11) is 0. The molecule has 0 saturated carbocycles. The van der Waals surface area contributed by atoms with Gasteiger partial charge in [0.1, 0.15) is 0 Å². The van der Waals surface area contributed by atoms with Crippen molar-refractivity contribution in [1.29, 1.82) is 0 Å². The zero-order valence-corrected chi connectivity index (χ0v) is 6.72. The number of hydrogen-bond acceptors (Lipinski definition) is 1. The molecule has 0 N–H and O–H groups in total. The molecule has 1 rings (SSSR count). The van der Waals surface area contributed by atoms with E-state index in [0.29, 0.717) is 12.2 Å². The van der Waals surface area contributed by atoms with Crippen molar-refractivity contribution in [2.45, 2.75) is 39.9 Å². The summed E-state index contributed by atoms with van der Waals surface area (Å²) < 4.78 is 5.59. The van der Waals surface area contributed by atoms with Gasteiger partial charge in [-0.2, -0.15) is 0 Å². The van der Waals surface area contributed by atoms with E-state index < -0.39 is 0 Å². The van der Waals surface area contributed by atoms with Crippen LogP contribution in [0.2, 0.25) is 0 Å². The molecule has 0 aromatic heterocycles. The first kappa shape index (κ1) is 7.07. The number of rotatable bonds is 0. The standard InChI is InChI=1S/C8H16O/c1-5-6(2)8(4)9-7(5)3/h5-8H,1-4H3/t5-,6?,7-,8?/m0/s1. The molecule has 2 unspecified atom stereocenters. The first-order chi connectivity index (χ1) is 4.13. The Hall–Kier alpha value is -0.0400. The molecule has 0 bridgehead atoms. The van der Waals surface area contributed by atoms with Crippen molar-refractivity contribution in [1.82, 2.24) is 0 Å². The van der Waals surface area contributed by atoms with Gasteiger partial charge in [0, 0.05) is 0 Å². The minimum absolute atomic E-state index is 0.468. The molecule has 9 heavy (non-hydrogen) atoms. The summed E-state index contributed by atoms with van der Waals surface area (Å²) in [6, 6.07) is 0. The van der Waals surface area contributed by atoms with Crippen LogP contribution in [0, 0.1) is 11.8 Å². The summed E-state index contributed by atoms with van der Waals surface area (Å²) in [5.41, 5.74) is 0. The van der Waals surface area contributed by atoms with E-state index in [-0.39, 0.29) is 0 Å². The zero-order valence-electron chi connectivity index (χ0n) is 6.72. The predicted octanol–water partition coefficient (Wildman–Crippen LogP) is 2.07. The summed E-state index contributed by atoms with van der Waals surface area (Å²) in [4.78, 5) is 0. The molecular formula is C8H16O. The van der Waals surface area contributed by atoms with E-state index in [2.05, 4.69) is 27.7 Å². The van der Waals surface area contributed by atoms with Crippen molar-refractivity contribution in [3.8, 4) is 0 Å². The third-order valence-corrected chi connectivity index (χ3v) is 2.74. The Labute approximate surface area is 57.4 Å². The summed E-state index contributed by atoms with van der Waals surface area (Å²) >= 11 is 0. The van der Waals surface area contributed by atoms with E-state index in [4.69, 9.17) is 4.74 Å². The van der Waals surface area contributed by atoms with Gasteiger partial charge in [-0.25, -0.2) is 0 Å². The molecule has 0 radical (unpaired) electrons. The Balaban J connectivity index is 2.54. The van der Waals surface area contributed by atoms with Crippen LogP contribution in [0.3, 0.4) is 0 Å². The zero-order chi connectivity index (χ0) is 7.02. The van der Waals surface area contributed by atoms with Crippen molar-refractivity contribution >= 4 is 0 Å². The van der Waals surface area contributed by atoms with Crippen molar-refractivity contribution in [2.75, 3.05) is 0 Å². The maximum absolute atomic E-state index is 5.59. The Morgan fingerprint density at radius 3 is 1.22 bits per heavy atom. The molecule has 1 fully saturated rings. The van der Waals surface area contributed by atoms with Gasteiger partial charge < -0.3 is 4.74 Å². The molecule has 1 aliphatic heterocycles. The van der Waals surface area contributed by atoms with Crippen LogP contribution in [-0.4, -0.2) is 12.2 Å². The quantitative estimate of drug-likeness (QED) is 0.485. The van der Waals surface area contributed by atoms with Crippen LogP contribution in [0.15, 0.2) is 0 Å². The summed E-state index contributed by atoms with van der Waals surface area (Å²) in [6.45, 7) is 8.84. The molecule has 1 heterocycles. The molecule has 0 amide bonds. The molecule has 1 heteroatoms. The van der Waals surface area contributed by atoms with Crippen LogP contribution in [0.5, 0.6) is 0 Å². The van der Waals surface area contributed by atoms with E-state index in [1.165, 1.54) is 0 Å². The average Bonchev–Trinajstić information content (AvgIpc) is 1.98.